The minimum Gasteiger partial charge on any atom is -0.428 e. The Morgan fingerprint density at radius 2 is 1.17 bits per heavy atom. The number of pyridine rings is 1. The number of nitrogens with zero attached hydrogens (tertiary/aromatic N) is 1. The van der Waals surface area contributed by atoms with Crippen LogP contribution >= 0.6 is 63.7 Å². The van der Waals surface area contributed by atoms with E-state index < -0.39 is 11.8 Å². The van der Waals surface area contributed by atoms with Crippen molar-refractivity contribution in [1.82, 2.24) is 4.98 Å². The number of aromatic nitrogens is 1. The largest absolute Gasteiger partial charge is 0.515 e. The van der Waals surface area contributed by atoms with Gasteiger partial charge < -0.3 is 25.4 Å². The summed E-state index contributed by atoms with van der Waals surface area (Å²) in [7, 11) is 0. The summed E-state index contributed by atoms with van der Waals surface area (Å²) in [5.41, 5.74) is 12.8. The molecule has 0 fully saturated rings. The zero-order valence-corrected chi connectivity index (χ0v) is 40.8. The van der Waals surface area contributed by atoms with E-state index in [-0.39, 0.29) is 9.62 Å². The van der Waals surface area contributed by atoms with Gasteiger partial charge in [0.1, 0.15) is 5.60 Å². The van der Waals surface area contributed by atoms with Crippen LogP contribution in [0.4, 0.5) is 21.9 Å². The maximum atomic E-state index is 11.6. The summed E-state index contributed by atoms with van der Waals surface area (Å²) in [4.78, 5) is 15.9. The summed E-state index contributed by atoms with van der Waals surface area (Å²) >= 11 is 13.8. The number of anilines is 3. The smallest absolute Gasteiger partial charge is 0.428 e. The molecule has 11 heteroatoms. The first-order valence-corrected chi connectivity index (χ1v) is 23.6. The average molecular weight is 1050 g/mol. The van der Waals surface area contributed by atoms with E-state index >= 15 is 0 Å². The van der Waals surface area contributed by atoms with Crippen LogP contribution in [0, 0.1) is 6.92 Å². The molecule has 0 saturated heterocycles. The molecule has 310 valence electrons. The molecule has 0 saturated carbocycles. The first-order chi connectivity index (χ1) is 28.1. The van der Waals surface area contributed by atoms with E-state index in [1.807, 2.05) is 24.3 Å². The molecular formula is C48H52Br4N4O3. The van der Waals surface area contributed by atoms with Gasteiger partial charge in [-0.05, 0) is 136 Å². The highest BCUT2D eigenvalue weighted by Gasteiger charge is 2.19. The number of halogens is 4. The van der Waals surface area contributed by atoms with Gasteiger partial charge in [0.25, 0.3) is 0 Å². The normalized spacial score (nSPS) is 16.8. The number of rotatable bonds is 4. The molecule has 59 heavy (non-hydrogen) atoms. The second kappa shape index (κ2) is 21.6. The first kappa shape index (κ1) is 46.2. The van der Waals surface area contributed by atoms with E-state index in [0.717, 1.165) is 27.1 Å². The third kappa shape index (κ3) is 14.4. The molecule has 5 aromatic rings. The molecule has 8 rings (SSSR count). The minimum atomic E-state index is -0.757. The van der Waals surface area contributed by atoms with Gasteiger partial charge in [0.2, 0.25) is 5.88 Å². The van der Waals surface area contributed by atoms with E-state index in [9.17, 15) is 4.79 Å². The Bertz CT molecular complexity index is 2250. The third-order valence-electron chi connectivity index (χ3n) is 9.11. The van der Waals surface area contributed by atoms with Crippen molar-refractivity contribution in [2.45, 2.75) is 86.6 Å². The predicted molar refractivity (Wildman–Crippen MR) is 265 cm³/mol. The molecule has 0 amide bonds. The Labute approximate surface area is 383 Å². The second-order valence-corrected chi connectivity index (χ2v) is 19.7. The summed E-state index contributed by atoms with van der Waals surface area (Å²) in [6, 6.07) is 30.2. The fourth-order valence-corrected chi connectivity index (χ4v) is 7.45. The lowest BCUT2D eigenvalue weighted by Gasteiger charge is -2.19. The van der Waals surface area contributed by atoms with Crippen molar-refractivity contribution in [3.8, 4) is 5.88 Å². The summed E-state index contributed by atoms with van der Waals surface area (Å²) in [5, 5.41) is 13.0. The average Bonchev–Trinajstić information content (AvgIpc) is 3.20. The molecule has 0 bridgehead atoms. The second-order valence-electron chi connectivity index (χ2n) is 15.5. The number of carbonyl (C=O) groups is 1. The number of hydrogen-bond donors (Lipinski definition) is 3. The van der Waals surface area contributed by atoms with Crippen molar-refractivity contribution >= 4 is 116 Å². The van der Waals surface area contributed by atoms with Crippen LogP contribution in [0.15, 0.2) is 103 Å². The number of aryl methyl sites for hydroxylation is 1. The predicted octanol–water partition coefficient (Wildman–Crippen LogP) is 15.0. The fraction of sp³-hybridized carbons (Fsp3) is 0.292. The van der Waals surface area contributed by atoms with Crippen LogP contribution in [-0.4, -0.2) is 34.9 Å². The van der Waals surface area contributed by atoms with E-state index in [2.05, 4.69) is 203 Å². The molecule has 3 aliphatic heterocycles. The third-order valence-corrected chi connectivity index (χ3v) is 11.5. The van der Waals surface area contributed by atoms with Gasteiger partial charge in [-0.2, -0.15) is 0 Å². The molecule has 4 heterocycles. The highest BCUT2D eigenvalue weighted by molar-refractivity contribution is 9.24. The molecule has 0 spiro atoms. The SMILES string of the molecule is CC(C)(C)OC(=O)Oc1ccc2cc(C(Br)Br)ccc2n1.CC1C=Cc2cc(CBr)ccc2N1.CC1C=Cc2cc(CBr)ccc2N1.Cc1ccc2c(c1)C=CC(C)N2. The summed E-state index contributed by atoms with van der Waals surface area (Å²) < 4.78 is 10.3. The molecule has 3 aliphatic rings. The van der Waals surface area contributed by atoms with Crippen LogP contribution in [0.5, 0.6) is 5.88 Å². The van der Waals surface area contributed by atoms with Crippen molar-refractivity contribution in [1.29, 1.82) is 0 Å². The standard InChI is InChI=1S/C15H15Br2NO3.2C11H12BrN.C11H13N/c1-15(2,3)21-14(19)20-12-7-5-9-8-10(13(16)17)4-6-11(9)18-12;2*1-8-2-4-10-6-9(7-12)3-5-11(10)13-8;1-8-3-6-11-10(7-8)5-4-9(2)12-11/h4-8,13H,1-3H3;2*2-6,8,13H,7H2,1H3;3-7,9,12H,1-2H3. The van der Waals surface area contributed by atoms with Crippen LogP contribution in [0.3, 0.4) is 0 Å². The fourth-order valence-electron chi connectivity index (χ4n) is 6.18. The molecule has 3 unspecified atom stereocenters. The lowest BCUT2D eigenvalue weighted by Crippen LogP contribution is -2.26. The van der Waals surface area contributed by atoms with Crippen molar-refractivity contribution in [3.05, 3.63) is 142 Å². The zero-order valence-electron chi connectivity index (χ0n) is 34.5. The number of hydrogen-bond acceptors (Lipinski definition) is 7. The number of ether oxygens (including phenoxy) is 2. The van der Waals surface area contributed by atoms with Crippen molar-refractivity contribution < 1.29 is 14.3 Å². The minimum absolute atomic E-state index is 0.0899. The molecule has 4 aromatic carbocycles. The monoisotopic (exact) mass is 1050 g/mol. The van der Waals surface area contributed by atoms with Gasteiger partial charge in [0.15, 0.2) is 0 Å². The molecule has 3 N–H and O–H groups in total. The molecule has 0 radical (unpaired) electrons. The van der Waals surface area contributed by atoms with Gasteiger partial charge in [0, 0.05) is 57.3 Å². The van der Waals surface area contributed by atoms with Crippen molar-refractivity contribution in [2.24, 2.45) is 0 Å². The molecule has 0 aliphatic carbocycles. The lowest BCUT2D eigenvalue weighted by molar-refractivity contribution is 0.0198. The Kier molecular flexibility index (Phi) is 16.9. The van der Waals surface area contributed by atoms with Gasteiger partial charge in [-0.1, -0.05) is 130 Å². The molecule has 1 aromatic heterocycles. The van der Waals surface area contributed by atoms with E-state index in [1.54, 1.807) is 26.8 Å². The van der Waals surface area contributed by atoms with Crippen LogP contribution in [0.1, 0.15) is 84.2 Å². The highest BCUT2D eigenvalue weighted by atomic mass is 79.9. The van der Waals surface area contributed by atoms with Gasteiger partial charge in [-0.3, -0.25) is 0 Å². The lowest BCUT2D eigenvalue weighted by atomic mass is 10.0. The first-order valence-electron chi connectivity index (χ1n) is 19.5. The summed E-state index contributed by atoms with van der Waals surface area (Å²) in [6.45, 7) is 13.9. The highest BCUT2D eigenvalue weighted by Crippen LogP contribution is 2.32. The van der Waals surface area contributed by atoms with Crippen molar-refractivity contribution in [3.63, 3.8) is 0 Å². The van der Waals surface area contributed by atoms with Gasteiger partial charge in [-0.15, -0.1) is 0 Å². The topological polar surface area (TPSA) is 84.5 Å². The number of nitrogens with one attached hydrogen (secondary N) is 3. The van der Waals surface area contributed by atoms with Gasteiger partial charge in [0.05, 0.1) is 9.25 Å². The van der Waals surface area contributed by atoms with Crippen LogP contribution in [0.2, 0.25) is 0 Å². The van der Waals surface area contributed by atoms with E-state index in [4.69, 9.17) is 9.47 Å². The Hall–Kier alpha value is -3.90. The molecule has 3 atom stereocenters. The Morgan fingerprint density at radius 1 is 0.678 bits per heavy atom. The van der Waals surface area contributed by atoms with Crippen LogP contribution in [-0.2, 0) is 15.4 Å². The number of carbonyl (C=O) groups excluding carboxylic acids is 1. The molecule has 7 nitrogen and oxygen atoms in total. The number of fused-ring (bicyclic) bond motifs is 4. The zero-order chi connectivity index (χ0) is 42.7. The van der Waals surface area contributed by atoms with E-state index in [1.165, 1.54) is 50.4 Å². The maximum absolute atomic E-state index is 11.6. The van der Waals surface area contributed by atoms with Crippen LogP contribution in [0.25, 0.3) is 29.1 Å². The summed E-state index contributed by atoms with van der Waals surface area (Å²) in [5.74, 6) is 0.221. The molecular weight excluding hydrogens is 1000 g/mol. The van der Waals surface area contributed by atoms with Crippen LogP contribution < -0.4 is 20.7 Å². The number of alkyl halides is 4. The van der Waals surface area contributed by atoms with Crippen molar-refractivity contribution in [2.75, 3.05) is 16.0 Å². The van der Waals surface area contributed by atoms with Gasteiger partial charge >= 0.3 is 6.16 Å². The maximum Gasteiger partial charge on any atom is 0.515 e. The van der Waals surface area contributed by atoms with Gasteiger partial charge in [-0.25, -0.2) is 9.78 Å². The Morgan fingerprint density at radius 3 is 1.64 bits per heavy atom. The number of benzene rings is 4. The summed E-state index contributed by atoms with van der Waals surface area (Å²) in [6.07, 6.45) is 12.3. The quantitative estimate of drug-likeness (QED) is 0.122. The van der Waals surface area contributed by atoms with E-state index in [0.29, 0.717) is 18.1 Å². The Balaban J connectivity index is 0.000000154.